The first-order chi connectivity index (χ1) is 8.09. The highest BCUT2D eigenvalue weighted by Gasteiger charge is 2.22. The zero-order valence-corrected chi connectivity index (χ0v) is 9.03. The Morgan fingerprint density at radius 2 is 2.18 bits per heavy atom. The van der Waals surface area contributed by atoms with E-state index in [1.807, 2.05) is 0 Å². The highest BCUT2D eigenvalue weighted by Crippen LogP contribution is 2.32. The van der Waals surface area contributed by atoms with Gasteiger partial charge in [0.25, 0.3) is 0 Å². The Hall–Kier alpha value is -2.57. The molecule has 0 atom stereocenters. The van der Waals surface area contributed by atoms with Crippen LogP contribution in [-0.4, -0.2) is 14.5 Å². The number of anilines is 1. The zero-order chi connectivity index (χ0) is 12.4. The number of nitrogens with zero attached hydrogens (tertiary/aromatic N) is 3. The highest BCUT2D eigenvalue weighted by atomic mass is 16.6. The average Bonchev–Trinajstić information content (AvgIpc) is 2.64. The molecule has 0 unspecified atom stereocenters. The molecule has 2 N–H and O–H groups in total. The van der Waals surface area contributed by atoms with Crippen molar-refractivity contribution < 1.29 is 9.66 Å². The average molecular weight is 234 g/mol. The standard InChI is InChI=1S/C10H10N4O3/c1-13-6-12-9(14(15)16)10(13)17-8-5-3-2-4-7(8)11/h2-6H,11H2,1H3. The number of nitrogen functional groups attached to an aromatic ring is 1. The van der Waals surface area contributed by atoms with Gasteiger partial charge in [0.2, 0.25) is 6.33 Å². The molecule has 0 saturated heterocycles. The van der Waals surface area contributed by atoms with E-state index in [1.54, 1.807) is 31.3 Å². The Kier molecular flexibility index (Phi) is 2.65. The van der Waals surface area contributed by atoms with Crippen LogP contribution in [0, 0.1) is 10.1 Å². The fourth-order valence-electron chi connectivity index (χ4n) is 1.33. The lowest BCUT2D eigenvalue weighted by Gasteiger charge is -2.07. The lowest BCUT2D eigenvalue weighted by Crippen LogP contribution is -1.98. The van der Waals surface area contributed by atoms with Gasteiger partial charge in [-0.2, -0.15) is 0 Å². The number of hydrogen-bond donors (Lipinski definition) is 1. The number of aromatic nitrogens is 2. The molecule has 7 heteroatoms. The van der Waals surface area contributed by atoms with Crippen molar-refractivity contribution in [1.29, 1.82) is 0 Å². The van der Waals surface area contributed by atoms with Gasteiger partial charge in [-0.15, -0.1) is 0 Å². The van der Waals surface area contributed by atoms with Crippen LogP contribution in [0.25, 0.3) is 0 Å². The normalized spacial score (nSPS) is 10.2. The maximum absolute atomic E-state index is 10.7. The summed E-state index contributed by atoms with van der Waals surface area (Å²) in [5.41, 5.74) is 6.09. The molecule has 1 aromatic carbocycles. The third-order valence-electron chi connectivity index (χ3n) is 2.16. The van der Waals surface area contributed by atoms with Crippen molar-refractivity contribution in [1.82, 2.24) is 9.55 Å². The van der Waals surface area contributed by atoms with Gasteiger partial charge in [0.05, 0.1) is 5.69 Å². The molecule has 2 aromatic rings. The molecule has 0 aliphatic rings. The minimum absolute atomic E-state index is 0.0490. The van der Waals surface area contributed by atoms with E-state index in [-0.39, 0.29) is 11.7 Å². The quantitative estimate of drug-likeness (QED) is 0.495. The van der Waals surface area contributed by atoms with Crippen LogP contribution in [0.4, 0.5) is 11.5 Å². The van der Waals surface area contributed by atoms with Crippen LogP contribution in [0.15, 0.2) is 30.6 Å². The van der Waals surface area contributed by atoms with Crippen LogP contribution in [0.1, 0.15) is 0 Å². The molecule has 0 aliphatic heterocycles. The number of para-hydroxylation sites is 2. The molecule has 88 valence electrons. The summed E-state index contributed by atoms with van der Waals surface area (Å²) in [5, 5.41) is 10.7. The summed E-state index contributed by atoms with van der Waals surface area (Å²) >= 11 is 0. The maximum atomic E-state index is 10.7. The molecule has 7 nitrogen and oxygen atoms in total. The molecule has 0 spiro atoms. The minimum atomic E-state index is -0.603. The molecule has 0 radical (unpaired) electrons. The topological polar surface area (TPSA) is 96.2 Å². The summed E-state index contributed by atoms with van der Waals surface area (Å²) < 4.78 is 6.83. The molecule has 0 fully saturated rings. The second-order valence-electron chi connectivity index (χ2n) is 3.38. The van der Waals surface area contributed by atoms with E-state index >= 15 is 0 Å². The van der Waals surface area contributed by atoms with E-state index in [1.165, 1.54) is 10.9 Å². The van der Waals surface area contributed by atoms with Crippen molar-refractivity contribution in [3.63, 3.8) is 0 Å². The van der Waals surface area contributed by atoms with E-state index in [0.717, 1.165) is 0 Å². The Balaban J connectivity index is 2.39. The van der Waals surface area contributed by atoms with Crippen LogP contribution in [0.5, 0.6) is 11.6 Å². The first kappa shape index (κ1) is 10.9. The number of imidazole rings is 1. The second-order valence-corrected chi connectivity index (χ2v) is 3.38. The molecule has 2 rings (SSSR count). The van der Waals surface area contributed by atoms with Gasteiger partial charge >= 0.3 is 11.7 Å². The van der Waals surface area contributed by atoms with Crippen LogP contribution >= 0.6 is 0 Å². The van der Waals surface area contributed by atoms with Crippen molar-refractivity contribution in [3.05, 3.63) is 40.7 Å². The predicted octanol–water partition coefficient (Wildman–Crippen LogP) is 1.70. The van der Waals surface area contributed by atoms with Gasteiger partial charge in [-0.3, -0.25) is 4.57 Å². The zero-order valence-electron chi connectivity index (χ0n) is 9.03. The number of ether oxygens (including phenoxy) is 1. The van der Waals surface area contributed by atoms with Crippen molar-refractivity contribution in [3.8, 4) is 11.6 Å². The third-order valence-corrected chi connectivity index (χ3v) is 2.16. The molecule has 0 saturated carbocycles. The monoisotopic (exact) mass is 234 g/mol. The Labute approximate surface area is 96.6 Å². The summed E-state index contributed by atoms with van der Waals surface area (Å²) in [7, 11) is 1.61. The van der Waals surface area contributed by atoms with Gasteiger partial charge < -0.3 is 20.6 Å². The van der Waals surface area contributed by atoms with Crippen molar-refractivity contribution in [2.75, 3.05) is 5.73 Å². The predicted molar refractivity (Wildman–Crippen MR) is 60.8 cm³/mol. The summed E-state index contributed by atoms with van der Waals surface area (Å²) in [6.07, 6.45) is 1.31. The number of nitrogens with two attached hydrogens (primary N) is 1. The molecule has 0 bridgehead atoms. The fraction of sp³-hybridized carbons (Fsp3) is 0.100. The van der Waals surface area contributed by atoms with Gasteiger partial charge in [-0.25, -0.2) is 0 Å². The van der Waals surface area contributed by atoms with E-state index in [4.69, 9.17) is 10.5 Å². The largest absolute Gasteiger partial charge is 0.431 e. The Morgan fingerprint density at radius 3 is 2.82 bits per heavy atom. The van der Waals surface area contributed by atoms with Gasteiger partial charge in [0.15, 0.2) is 5.75 Å². The SMILES string of the molecule is Cn1cnc([N+](=O)[O-])c1Oc1ccccc1N. The Bertz CT molecular complexity index is 564. The number of hydrogen-bond acceptors (Lipinski definition) is 5. The van der Waals surface area contributed by atoms with Crippen molar-refractivity contribution in [2.45, 2.75) is 0 Å². The molecule has 17 heavy (non-hydrogen) atoms. The van der Waals surface area contributed by atoms with Crippen LogP contribution in [0.2, 0.25) is 0 Å². The number of nitro groups is 1. The smallest absolute Gasteiger partial charge is 0.427 e. The Morgan fingerprint density at radius 1 is 1.47 bits per heavy atom. The highest BCUT2D eigenvalue weighted by molar-refractivity contribution is 5.54. The van der Waals surface area contributed by atoms with Crippen LogP contribution in [0.3, 0.4) is 0 Å². The van der Waals surface area contributed by atoms with E-state index in [9.17, 15) is 10.1 Å². The van der Waals surface area contributed by atoms with Gasteiger partial charge in [-0.1, -0.05) is 12.1 Å². The second kappa shape index (κ2) is 4.12. The molecule has 1 aromatic heterocycles. The molecule has 1 heterocycles. The number of aryl methyl sites for hydroxylation is 1. The van der Waals surface area contributed by atoms with E-state index in [0.29, 0.717) is 11.4 Å². The summed E-state index contributed by atoms with van der Waals surface area (Å²) in [5.74, 6) is 0.0721. The molecule has 0 amide bonds. The third kappa shape index (κ3) is 2.03. The first-order valence-corrected chi connectivity index (χ1v) is 4.77. The first-order valence-electron chi connectivity index (χ1n) is 4.77. The lowest BCUT2D eigenvalue weighted by molar-refractivity contribution is -0.390. The summed E-state index contributed by atoms with van der Waals surface area (Å²) in [4.78, 5) is 13.8. The maximum Gasteiger partial charge on any atom is 0.427 e. The van der Waals surface area contributed by atoms with E-state index < -0.39 is 4.92 Å². The molecular weight excluding hydrogens is 224 g/mol. The van der Waals surface area contributed by atoms with E-state index in [2.05, 4.69) is 4.98 Å². The van der Waals surface area contributed by atoms with Gasteiger partial charge in [0.1, 0.15) is 0 Å². The molecule has 0 aliphatic carbocycles. The fourth-order valence-corrected chi connectivity index (χ4v) is 1.33. The van der Waals surface area contributed by atoms with Crippen LogP contribution < -0.4 is 10.5 Å². The van der Waals surface area contributed by atoms with Crippen molar-refractivity contribution >= 4 is 11.5 Å². The summed E-state index contributed by atoms with van der Waals surface area (Å²) in [6.45, 7) is 0. The van der Waals surface area contributed by atoms with Gasteiger partial charge in [-0.05, 0) is 22.0 Å². The van der Waals surface area contributed by atoms with Gasteiger partial charge in [0, 0.05) is 7.05 Å². The minimum Gasteiger partial charge on any atom is -0.431 e. The van der Waals surface area contributed by atoms with Crippen LogP contribution in [-0.2, 0) is 7.05 Å². The molecular formula is C10H10N4O3. The van der Waals surface area contributed by atoms with Crippen molar-refractivity contribution in [2.24, 2.45) is 7.05 Å². The number of benzene rings is 1. The number of rotatable bonds is 3. The summed E-state index contributed by atoms with van der Waals surface area (Å²) in [6, 6.07) is 6.76. The lowest BCUT2D eigenvalue weighted by atomic mass is 10.3.